The van der Waals surface area contributed by atoms with Crippen LogP contribution in [0.3, 0.4) is 0 Å². The smallest absolute Gasteiger partial charge is 0.0709 e. The summed E-state index contributed by atoms with van der Waals surface area (Å²) in [5, 5.41) is 11.0. The maximum absolute atomic E-state index is 5.18. The summed E-state index contributed by atoms with van der Waals surface area (Å²) in [7, 11) is -0.744. The van der Waals surface area contributed by atoms with E-state index in [-0.39, 0.29) is 10.8 Å². The monoisotopic (exact) mass is 569 g/mol. The van der Waals surface area contributed by atoms with Crippen LogP contribution in [0.25, 0.3) is 43.7 Å². The number of pyridine rings is 1. The van der Waals surface area contributed by atoms with Gasteiger partial charge in [0.2, 0.25) is 0 Å². The maximum Gasteiger partial charge on any atom is 0.0709 e. The number of rotatable bonds is 1. The van der Waals surface area contributed by atoms with E-state index in [1.165, 1.54) is 65.4 Å². The Labute approximate surface area is 254 Å². The van der Waals surface area contributed by atoms with E-state index in [0.29, 0.717) is 0 Å². The van der Waals surface area contributed by atoms with Crippen molar-refractivity contribution in [1.29, 1.82) is 0 Å². The second-order valence-corrected chi connectivity index (χ2v) is 15.4. The highest BCUT2D eigenvalue weighted by molar-refractivity contribution is 7.80. The Balaban J connectivity index is 1.41. The standard InChI is InChI=1S/C41H32NP/c1-40(2)31-19-26-12-5-7-14-28(26)23-37(31)43-38-24-29-15-8-6-13-27(29)20-32(38)41(3,4)34-22-30(21-33(40)39(34)43)36-18-17-25-11-9-10-16-35(25)42-36/h5-24H,1-4H3. The quantitative estimate of drug-likeness (QED) is 0.180. The number of fused-ring (bicyclic) bond motifs is 7. The molecule has 2 aliphatic heterocycles. The van der Waals surface area contributed by atoms with Gasteiger partial charge in [0, 0.05) is 21.8 Å². The number of nitrogens with zero attached hydrogens (tertiary/aromatic N) is 1. The van der Waals surface area contributed by atoms with Crippen LogP contribution in [0.2, 0.25) is 0 Å². The molecule has 6 aromatic carbocycles. The molecule has 7 aromatic rings. The lowest BCUT2D eigenvalue weighted by atomic mass is 9.71. The molecule has 0 N–H and O–H groups in total. The van der Waals surface area contributed by atoms with E-state index in [0.717, 1.165) is 11.2 Å². The van der Waals surface area contributed by atoms with Crippen LogP contribution in [-0.4, -0.2) is 4.98 Å². The summed E-state index contributed by atoms with van der Waals surface area (Å²) in [6.07, 6.45) is 0. The van der Waals surface area contributed by atoms with E-state index in [9.17, 15) is 0 Å². The van der Waals surface area contributed by atoms with Gasteiger partial charge in [-0.3, -0.25) is 0 Å². The van der Waals surface area contributed by atoms with E-state index >= 15 is 0 Å². The Hall–Kier alpha value is -4.32. The molecule has 0 saturated heterocycles. The third-order valence-electron chi connectivity index (χ3n) is 10.1. The topological polar surface area (TPSA) is 12.9 Å². The number of aromatic nitrogens is 1. The minimum Gasteiger partial charge on any atom is -0.248 e. The van der Waals surface area contributed by atoms with Crippen LogP contribution in [-0.2, 0) is 10.8 Å². The molecule has 0 amide bonds. The van der Waals surface area contributed by atoms with Crippen LogP contribution in [0.1, 0.15) is 49.9 Å². The van der Waals surface area contributed by atoms with Crippen LogP contribution in [0.15, 0.2) is 121 Å². The Morgan fingerprint density at radius 3 is 1.47 bits per heavy atom. The van der Waals surface area contributed by atoms with Gasteiger partial charge in [0.1, 0.15) is 0 Å². The fourth-order valence-electron chi connectivity index (χ4n) is 7.69. The molecule has 0 unspecified atom stereocenters. The molecule has 0 atom stereocenters. The van der Waals surface area contributed by atoms with Gasteiger partial charge < -0.3 is 0 Å². The van der Waals surface area contributed by atoms with Crippen LogP contribution < -0.4 is 15.9 Å². The van der Waals surface area contributed by atoms with Crippen LogP contribution >= 0.6 is 7.92 Å². The van der Waals surface area contributed by atoms with Crippen molar-refractivity contribution in [3.8, 4) is 11.3 Å². The number of hydrogen-bond acceptors (Lipinski definition) is 1. The summed E-state index contributed by atoms with van der Waals surface area (Å²) >= 11 is 0. The highest BCUT2D eigenvalue weighted by Gasteiger charge is 2.47. The van der Waals surface area contributed by atoms with Crippen molar-refractivity contribution in [2.45, 2.75) is 38.5 Å². The van der Waals surface area contributed by atoms with Crippen molar-refractivity contribution in [2.24, 2.45) is 0 Å². The molecule has 0 saturated carbocycles. The molecule has 2 heteroatoms. The van der Waals surface area contributed by atoms with Crippen LogP contribution in [0, 0.1) is 0 Å². The van der Waals surface area contributed by atoms with Crippen molar-refractivity contribution >= 4 is 56.3 Å². The van der Waals surface area contributed by atoms with Gasteiger partial charge in [-0.15, -0.1) is 0 Å². The predicted octanol–water partition coefficient (Wildman–Crippen LogP) is 9.24. The molecule has 0 radical (unpaired) electrons. The zero-order chi connectivity index (χ0) is 29.1. The summed E-state index contributed by atoms with van der Waals surface area (Å²) in [5.74, 6) is 0. The first-order chi connectivity index (χ1) is 20.8. The van der Waals surface area contributed by atoms with Gasteiger partial charge in [-0.2, -0.15) is 0 Å². The van der Waals surface area contributed by atoms with Crippen LogP contribution in [0.4, 0.5) is 0 Å². The Morgan fingerprint density at radius 2 is 0.930 bits per heavy atom. The fourth-order valence-corrected chi connectivity index (χ4v) is 11.3. The molecule has 0 spiro atoms. The van der Waals surface area contributed by atoms with Gasteiger partial charge in [0.15, 0.2) is 0 Å². The number of benzene rings is 6. The predicted molar refractivity (Wildman–Crippen MR) is 185 cm³/mol. The molecule has 0 bridgehead atoms. The van der Waals surface area contributed by atoms with E-state index < -0.39 is 7.92 Å². The summed E-state index contributed by atoms with van der Waals surface area (Å²) < 4.78 is 0. The SMILES string of the molecule is CC1(C)c2cc3ccccc3cc2P2c3cc4ccccc4cc3C(C)(C)c3cc(-c4ccc5ccccc5n4)cc1c32. The molecular weight excluding hydrogens is 537 g/mol. The van der Waals surface area contributed by atoms with Gasteiger partial charge in [0.05, 0.1) is 11.2 Å². The Bertz CT molecular complexity index is 2190. The van der Waals surface area contributed by atoms with E-state index in [1.54, 1.807) is 5.30 Å². The lowest BCUT2D eigenvalue weighted by Crippen LogP contribution is -2.48. The van der Waals surface area contributed by atoms with Crippen molar-refractivity contribution in [1.82, 2.24) is 4.98 Å². The number of para-hydroxylation sites is 1. The molecule has 2 aliphatic rings. The van der Waals surface area contributed by atoms with Crippen molar-refractivity contribution in [2.75, 3.05) is 0 Å². The summed E-state index contributed by atoms with van der Waals surface area (Å²) in [6, 6.07) is 45.6. The van der Waals surface area contributed by atoms with Crippen LogP contribution in [0.5, 0.6) is 0 Å². The van der Waals surface area contributed by atoms with E-state index in [1.807, 2.05) is 0 Å². The summed E-state index contributed by atoms with van der Waals surface area (Å²) in [5.41, 5.74) is 8.81. The molecule has 0 fully saturated rings. The van der Waals surface area contributed by atoms with Gasteiger partial charge in [-0.05, 0) is 116 Å². The van der Waals surface area contributed by atoms with Gasteiger partial charge in [-0.25, -0.2) is 4.98 Å². The van der Waals surface area contributed by atoms with Crippen molar-refractivity contribution in [3.05, 3.63) is 144 Å². The zero-order valence-electron chi connectivity index (χ0n) is 24.9. The highest BCUT2D eigenvalue weighted by Crippen LogP contribution is 2.55. The normalized spacial score (nSPS) is 16.2. The van der Waals surface area contributed by atoms with E-state index in [2.05, 4.69) is 149 Å². The average molecular weight is 570 g/mol. The molecule has 1 nitrogen and oxygen atoms in total. The molecule has 1 aromatic heterocycles. The third-order valence-corrected chi connectivity index (χ3v) is 12.8. The molecule has 0 aliphatic carbocycles. The molecule has 206 valence electrons. The second kappa shape index (κ2) is 8.62. The number of hydrogen-bond donors (Lipinski definition) is 0. The first-order valence-electron chi connectivity index (χ1n) is 15.2. The van der Waals surface area contributed by atoms with Gasteiger partial charge >= 0.3 is 0 Å². The van der Waals surface area contributed by atoms with Crippen molar-refractivity contribution in [3.63, 3.8) is 0 Å². The first kappa shape index (κ1) is 25.2. The fraction of sp³-hybridized carbons (Fsp3) is 0.146. The molecule has 3 heterocycles. The third kappa shape index (κ3) is 3.46. The lowest BCUT2D eigenvalue weighted by molar-refractivity contribution is 0.625. The maximum atomic E-state index is 5.18. The van der Waals surface area contributed by atoms with E-state index in [4.69, 9.17) is 4.98 Å². The summed E-state index contributed by atoms with van der Waals surface area (Å²) in [6.45, 7) is 9.74. The highest BCUT2D eigenvalue weighted by atomic mass is 31.1. The Morgan fingerprint density at radius 1 is 0.465 bits per heavy atom. The minimum atomic E-state index is -0.744. The average Bonchev–Trinajstić information content (AvgIpc) is 3.03. The minimum absolute atomic E-state index is 0.153. The second-order valence-electron chi connectivity index (χ2n) is 13.3. The molecule has 43 heavy (non-hydrogen) atoms. The molecular formula is C41H32NP. The molecule has 9 rings (SSSR count). The first-order valence-corrected chi connectivity index (χ1v) is 16.6. The van der Waals surface area contributed by atoms with Gasteiger partial charge in [0.25, 0.3) is 0 Å². The van der Waals surface area contributed by atoms with Gasteiger partial charge in [-0.1, -0.05) is 100 Å². The Kier molecular flexibility index (Phi) is 5.05. The largest absolute Gasteiger partial charge is 0.248 e. The zero-order valence-corrected chi connectivity index (χ0v) is 25.8. The summed E-state index contributed by atoms with van der Waals surface area (Å²) in [4.78, 5) is 5.18. The lowest BCUT2D eigenvalue weighted by Gasteiger charge is -2.48. The van der Waals surface area contributed by atoms with Crippen molar-refractivity contribution < 1.29 is 0 Å².